The van der Waals surface area contributed by atoms with E-state index in [0.29, 0.717) is 12.6 Å². The maximum atomic E-state index is 11.9. The molecule has 0 spiro atoms. The first kappa shape index (κ1) is 15.8. The molecule has 2 rings (SSSR count). The number of benzene rings is 1. The Labute approximate surface area is 127 Å². The minimum atomic E-state index is 0.0121. The van der Waals surface area contributed by atoms with Gasteiger partial charge >= 0.3 is 0 Å². The van der Waals surface area contributed by atoms with Crippen LogP contribution in [0.25, 0.3) is 0 Å². The summed E-state index contributed by atoms with van der Waals surface area (Å²) >= 11 is 0. The maximum absolute atomic E-state index is 11.9. The SMILES string of the molecule is CC(C)Oc1ccc(NC(=O)CNC2CCCCC2)cc1. The van der Waals surface area contributed by atoms with Crippen molar-refractivity contribution in [2.45, 2.75) is 58.1 Å². The number of rotatable bonds is 6. The van der Waals surface area contributed by atoms with Crippen molar-refractivity contribution in [2.75, 3.05) is 11.9 Å². The molecule has 1 aliphatic rings. The number of hydrogen-bond donors (Lipinski definition) is 2. The minimum absolute atomic E-state index is 0.0121. The molecule has 0 atom stereocenters. The van der Waals surface area contributed by atoms with Crippen molar-refractivity contribution in [3.8, 4) is 5.75 Å². The number of nitrogens with one attached hydrogen (secondary N) is 2. The van der Waals surface area contributed by atoms with Gasteiger partial charge in [0.25, 0.3) is 0 Å². The fourth-order valence-corrected chi connectivity index (χ4v) is 2.64. The molecule has 116 valence electrons. The first-order chi connectivity index (χ1) is 10.1. The molecule has 4 heteroatoms. The molecule has 1 aromatic carbocycles. The van der Waals surface area contributed by atoms with Crippen LogP contribution in [-0.4, -0.2) is 24.6 Å². The summed E-state index contributed by atoms with van der Waals surface area (Å²) in [4.78, 5) is 11.9. The second-order valence-corrected chi connectivity index (χ2v) is 5.95. The first-order valence-corrected chi connectivity index (χ1v) is 7.93. The Bertz CT molecular complexity index is 437. The van der Waals surface area contributed by atoms with E-state index in [-0.39, 0.29) is 12.0 Å². The number of hydrogen-bond acceptors (Lipinski definition) is 3. The monoisotopic (exact) mass is 290 g/mol. The van der Waals surface area contributed by atoms with E-state index >= 15 is 0 Å². The van der Waals surface area contributed by atoms with Gasteiger partial charge in [-0.3, -0.25) is 4.79 Å². The highest BCUT2D eigenvalue weighted by Crippen LogP contribution is 2.18. The zero-order valence-corrected chi connectivity index (χ0v) is 13.0. The first-order valence-electron chi connectivity index (χ1n) is 7.93. The van der Waals surface area contributed by atoms with E-state index in [2.05, 4.69) is 10.6 Å². The predicted molar refractivity (Wildman–Crippen MR) is 85.7 cm³/mol. The molecule has 1 saturated carbocycles. The van der Waals surface area contributed by atoms with Crippen LogP contribution in [0.15, 0.2) is 24.3 Å². The van der Waals surface area contributed by atoms with Gasteiger partial charge < -0.3 is 15.4 Å². The van der Waals surface area contributed by atoms with Gasteiger partial charge in [0.15, 0.2) is 0 Å². The van der Waals surface area contributed by atoms with Crippen molar-refractivity contribution in [3.05, 3.63) is 24.3 Å². The summed E-state index contributed by atoms with van der Waals surface area (Å²) in [6.45, 7) is 4.37. The number of carbonyl (C=O) groups is 1. The molecule has 0 unspecified atom stereocenters. The van der Waals surface area contributed by atoms with Crippen LogP contribution in [-0.2, 0) is 4.79 Å². The van der Waals surface area contributed by atoms with Crippen molar-refractivity contribution in [3.63, 3.8) is 0 Å². The Kier molecular flexibility index (Phi) is 6.05. The van der Waals surface area contributed by atoms with Crippen molar-refractivity contribution < 1.29 is 9.53 Å². The standard InChI is InChI=1S/C17H26N2O2/c1-13(2)21-16-10-8-15(9-11-16)19-17(20)12-18-14-6-4-3-5-7-14/h8-11,13-14,18H,3-7,12H2,1-2H3,(H,19,20). The molecule has 1 aliphatic carbocycles. The van der Waals surface area contributed by atoms with Gasteiger partial charge in [-0.15, -0.1) is 0 Å². The molecule has 0 radical (unpaired) electrons. The van der Waals surface area contributed by atoms with Crippen molar-refractivity contribution >= 4 is 11.6 Å². The molecule has 0 bridgehead atoms. The average molecular weight is 290 g/mol. The quantitative estimate of drug-likeness (QED) is 0.845. The lowest BCUT2D eigenvalue weighted by molar-refractivity contribution is -0.115. The molecule has 0 heterocycles. The van der Waals surface area contributed by atoms with E-state index in [1.807, 2.05) is 38.1 Å². The van der Waals surface area contributed by atoms with Gasteiger partial charge in [-0.1, -0.05) is 19.3 Å². The summed E-state index contributed by atoms with van der Waals surface area (Å²) < 4.78 is 5.58. The molecule has 0 aromatic heterocycles. The summed E-state index contributed by atoms with van der Waals surface area (Å²) in [5.74, 6) is 0.835. The van der Waals surface area contributed by atoms with Crippen LogP contribution in [0.3, 0.4) is 0 Å². The highest BCUT2D eigenvalue weighted by Gasteiger charge is 2.13. The van der Waals surface area contributed by atoms with E-state index in [1.54, 1.807) is 0 Å². The second kappa shape index (κ2) is 8.03. The Morgan fingerprint density at radius 2 is 1.86 bits per heavy atom. The molecule has 1 aromatic rings. The lowest BCUT2D eigenvalue weighted by Gasteiger charge is -2.22. The Morgan fingerprint density at radius 1 is 1.19 bits per heavy atom. The minimum Gasteiger partial charge on any atom is -0.491 e. The third kappa shape index (κ3) is 5.76. The average Bonchev–Trinajstić information content (AvgIpc) is 2.48. The third-order valence-corrected chi connectivity index (χ3v) is 3.67. The van der Waals surface area contributed by atoms with Crippen LogP contribution in [0, 0.1) is 0 Å². The number of amides is 1. The van der Waals surface area contributed by atoms with E-state index in [9.17, 15) is 4.79 Å². The summed E-state index contributed by atoms with van der Waals surface area (Å²) in [6.07, 6.45) is 6.41. The van der Waals surface area contributed by atoms with Crippen LogP contribution in [0.4, 0.5) is 5.69 Å². The van der Waals surface area contributed by atoms with Gasteiger partial charge in [0.05, 0.1) is 12.6 Å². The van der Waals surface area contributed by atoms with Gasteiger partial charge in [-0.05, 0) is 51.0 Å². The molecule has 4 nitrogen and oxygen atoms in total. The van der Waals surface area contributed by atoms with Crippen LogP contribution in [0.1, 0.15) is 46.0 Å². The van der Waals surface area contributed by atoms with Gasteiger partial charge in [0.2, 0.25) is 5.91 Å². The highest BCUT2D eigenvalue weighted by molar-refractivity contribution is 5.92. The zero-order valence-electron chi connectivity index (χ0n) is 13.0. The van der Waals surface area contributed by atoms with Crippen molar-refractivity contribution in [1.82, 2.24) is 5.32 Å². The van der Waals surface area contributed by atoms with Crippen molar-refractivity contribution in [1.29, 1.82) is 0 Å². The predicted octanol–water partition coefficient (Wildman–Crippen LogP) is 3.33. The summed E-state index contributed by atoms with van der Waals surface area (Å²) in [7, 11) is 0. The Hall–Kier alpha value is -1.55. The summed E-state index contributed by atoms with van der Waals surface area (Å²) in [5, 5.41) is 6.25. The van der Waals surface area contributed by atoms with Crippen LogP contribution >= 0.6 is 0 Å². The third-order valence-electron chi connectivity index (χ3n) is 3.67. The normalized spacial score (nSPS) is 16.0. The summed E-state index contributed by atoms with van der Waals surface area (Å²) in [6, 6.07) is 8.01. The van der Waals surface area contributed by atoms with E-state index in [0.717, 1.165) is 11.4 Å². The molecule has 0 aliphatic heterocycles. The molecule has 1 fully saturated rings. The van der Waals surface area contributed by atoms with Crippen LogP contribution < -0.4 is 15.4 Å². The maximum Gasteiger partial charge on any atom is 0.238 e. The highest BCUT2D eigenvalue weighted by atomic mass is 16.5. The number of ether oxygens (including phenoxy) is 1. The molecular formula is C17H26N2O2. The topological polar surface area (TPSA) is 50.4 Å². The van der Waals surface area contributed by atoms with Gasteiger partial charge in [0.1, 0.15) is 5.75 Å². The molecule has 1 amide bonds. The van der Waals surface area contributed by atoms with E-state index < -0.39 is 0 Å². The van der Waals surface area contributed by atoms with Gasteiger partial charge in [-0.2, -0.15) is 0 Å². The lowest BCUT2D eigenvalue weighted by Crippen LogP contribution is -2.37. The van der Waals surface area contributed by atoms with Crippen molar-refractivity contribution in [2.24, 2.45) is 0 Å². The van der Waals surface area contributed by atoms with E-state index in [4.69, 9.17) is 4.74 Å². The molecule has 0 saturated heterocycles. The van der Waals surface area contributed by atoms with Gasteiger partial charge in [0, 0.05) is 11.7 Å². The molecule has 2 N–H and O–H groups in total. The molecular weight excluding hydrogens is 264 g/mol. The second-order valence-electron chi connectivity index (χ2n) is 5.95. The van der Waals surface area contributed by atoms with Crippen LogP contribution in [0.5, 0.6) is 5.75 Å². The van der Waals surface area contributed by atoms with E-state index in [1.165, 1.54) is 32.1 Å². The summed E-state index contributed by atoms with van der Waals surface area (Å²) in [5.41, 5.74) is 0.807. The number of carbonyl (C=O) groups excluding carboxylic acids is 1. The fourth-order valence-electron chi connectivity index (χ4n) is 2.64. The smallest absolute Gasteiger partial charge is 0.238 e. The largest absolute Gasteiger partial charge is 0.491 e. The lowest BCUT2D eigenvalue weighted by atomic mass is 9.95. The molecule has 21 heavy (non-hydrogen) atoms. The van der Waals surface area contributed by atoms with Crippen LogP contribution in [0.2, 0.25) is 0 Å². The Morgan fingerprint density at radius 3 is 2.48 bits per heavy atom. The fraction of sp³-hybridized carbons (Fsp3) is 0.588. The van der Waals surface area contributed by atoms with Gasteiger partial charge in [-0.25, -0.2) is 0 Å². The Balaban J connectivity index is 1.74. The zero-order chi connectivity index (χ0) is 15.1. The number of anilines is 1.